The molecule has 0 heterocycles. The third-order valence-corrected chi connectivity index (χ3v) is 2.36. The number of halogens is 1. The number of aliphatic carboxylic acids is 1. The number of carboxylic acids is 1. The van der Waals surface area contributed by atoms with Crippen LogP contribution < -0.4 is 10.6 Å². The van der Waals surface area contributed by atoms with E-state index in [0.717, 1.165) is 6.07 Å². The fourth-order valence-corrected chi connectivity index (χ4v) is 1.31. The summed E-state index contributed by atoms with van der Waals surface area (Å²) in [5, 5.41) is 13.3. The zero-order valence-electron chi connectivity index (χ0n) is 10.2. The van der Waals surface area contributed by atoms with Crippen LogP contribution in [-0.4, -0.2) is 23.1 Å². The largest absolute Gasteiger partial charge is 0.480 e. The number of rotatable bonds is 4. The summed E-state index contributed by atoms with van der Waals surface area (Å²) in [7, 11) is 0. The second-order valence-electron chi connectivity index (χ2n) is 3.86. The first-order valence-electron chi connectivity index (χ1n) is 5.44. The van der Waals surface area contributed by atoms with Gasteiger partial charge in [-0.05, 0) is 24.6 Å². The van der Waals surface area contributed by atoms with Crippen molar-refractivity contribution in [3.05, 3.63) is 29.6 Å². The molecular weight excluding hydrogens is 251 g/mol. The Hall–Kier alpha value is -2.55. The first kappa shape index (κ1) is 14.5. The highest BCUT2D eigenvalue weighted by Gasteiger charge is 2.18. The van der Waals surface area contributed by atoms with Crippen molar-refractivity contribution in [2.45, 2.75) is 19.4 Å². The topological polar surface area (TPSA) is 78.4 Å². The van der Waals surface area contributed by atoms with Crippen LogP contribution in [0.5, 0.6) is 0 Å². The molecule has 6 heteroatoms. The standard InChI is InChI=1S/C13H13FN2O3/c1-3-4-11(12(17)18)16-13(19)15-9-6-5-8(2)10(14)7-9/h1,5-7,11H,4H2,2H3,(H,17,18)(H2,15,16,19). The van der Waals surface area contributed by atoms with Gasteiger partial charge in [0.1, 0.15) is 11.9 Å². The first-order chi connectivity index (χ1) is 8.93. The molecule has 0 saturated heterocycles. The monoisotopic (exact) mass is 264 g/mol. The Kier molecular flexibility index (Phi) is 4.89. The number of hydrogen-bond donors (Lipinski definition) is 3. The summed E-state index contributed by atoms with van der Waals surface area (Å²) in [6, 6.07) is 2.22. The summed E-state index contributed by atoms with van der Waals surface area (Å²) in [5.41, 5.74) is 0.673. The number of carboxylic acid groups (broad SMARTS) is 1. The lowest BCUT2D eigenvalue weighted by Crippen LogP contribution is -2.42. The normalized spacial score (nSPS) is 11.2. The number of carbonyl (C=O) groups excluding carboxylic acids is 1. The van der Waals surface area contributed by atoms with E-state index in [2.05, 4.69) is 16.6 Å². The van der Waals surface area contributed by atoms with Crippen LogP contribution in [0.25, 0.3) is 0 Å². The van der Waals surface area contributed by atoms with Gasteiger partial charge in [0.15, 0.2) is 0 Å². The third-order valence-electron chi connectivity index (χ3n) is 2.36. The average molecular weight is 264 g/mol. The fourth-order valence-electron chi connectivity index (χ4n) is 1.31. The van der Waals surface area contributed by atoms with E-state index in [1.54, 1.807) is 6.92 Å². The minimum absolute atomic E-state index is 0.134. The smallest absolute Gasteiger partial charge is 0.327 e. The fraction of sp³-hybridized carbons (Fsp3) is 0.231. The number of anilines is 1. The number of terminal acetylenes is 1. The van der Waals surface area contributed by atoms with E-state index in [-0.39, 0.29) is 12.1 Å². The van der Waals surface area contributed by atoms with Gasteiger partial charge in [0.05, 0.1) is 0 Å². The Morgan fingerprint density at radius 2 is 2.21 bits per heavy atom. The second kappa shape index (κ2) is 6.40. The van der Waals surface area contributed by atoms with E-state index in [0.29, 0.717) is 5.56 Å². The van der Waals surface area contributed by atoms with Gasteiger partial charge in [-0.2, -0.15) is 0 Å². The first-order valence-corrected chi connectivity index (χ1v) is 5.44. The van der Waals surface area contributed by atoms with Gasteiger partial charge in [-0.25, -0.2) is 14.0 Å². The molecule has 0 spiro atoms. The SMILES string of the molecule is C#CCC(NC(=O)Nc1ccc(C)c(F)c1)C(=O)O. The maximum atomic E-state index is 13.2. The van der Waals surface area contributed by atoms with E-state index in [1.165, 1.54) is 12.1 Å². The van der Waals surface area contributed by atoms with Gasteiger partial charge in [0.2, 0.25) is 0 Å². The summed E-state index contributed by atoms with van der Waals surface area (Å²) in [6.07, 6.45) is 4.86. The van der Waals surface area contributed by atoms with Crippen LogP contribution in [0.15, 0.2) is 18.2 Å². The van der Waals surface area contributed by atoms with Crippen LogP contribution >= 0.6 is 0 Å². The number of carbonyl (C=O) groups is 2. The van der Waals surface area contributed by atoms with Crippen LogP contribution in [0.3, 0.4) is 0 Å². The molecule has 1 aromatic rings. The van der Waals surface area contributed by atoms with Crippen molar-refractivity contribution in [1.82, 2.24) is 5.32 Å². The average Bonchev–Trinajstić information content (AvgIpc) is 2.33. The highest BCUT2D eigenvalue weighted by molar-refractivity contribution is 5.92. The number of nitrogens with one attached hydrogen (secondary N) is 2. The lowest BCUT2D eigenvalue weighted by molar-refractivity contribution is -0.139. The van der Waals surface area contributed by atoms with Crippen molar-refractivity contribution in [3.63, 3.8) is 0 Å². The molecule has 5 nitrogen and oxygen atoms in total. The van der Waals surface area contributed by atoms with Gasteiger partial charge in [0, 0.05) is 12.1 Å². The van der Waals surface area contributed by atoms with Gasteiger partial charge in [0.25, 0.3) is 0 Å². The molecule has 0 saturated carbocycles. The Labute approximate surface area is 109 Å². The molecule has 1 unspecified atom stereocenters. The minimum Gasteiger partial charge on any atom is -0.480 e. The molecule has 0 aliphatic rings. The van der Waals surface area contributed by atoms with Gasteiger partial charge in [-0.1, -0.05) is 6.07 Å². The highest BCUT2D eigenvalue weighted by atomic mass is 19.1. The molecular formula is C13H13FN2O3. The molecule has 0 bridgehead atoms. The second-order valence-corrected chi connectivity index (χ2v) is 3.86. The lowest BCUT2D eigenvalue weighted by Gasteiger charge is -2.13. The van der Waals surface area contributed by atoms with Crippen molar-refractivity contribution in [1.29, 1.82) is 0 Å². The van der Waals surface area contributed by atoms with E-state index in [1.807, 2.05) is 0 Å². The predicted molar refractivity (Wildman–Crippen MR) is 68.2 cm³/mol. The number of urea groups is 1. The summed E-state index contributed by atoms with van der Waals surface area (Å²) in [4.78, 5) is 22.3. The molecule has 3 N–H and O–H groups in total. The number of benzene rings is 1. The van der Waals surface area contributed by atoms with Crippen molar-refractivity contribution in [2.75, 3.05) is 5.32 Å². The third kappa shape index (κ3) is 4.32. The Balaban J connectivity index is 2.66. The van der Waals surface area contributed by atoms with Gasteiger partial charge >= 0.3 is 12.0 Å². The zero-order chi connectivity index (χ0) is 14.4. The maximum Gasteiger partial charge on any atom is 0.327 e. The van der Waals surface area contributed by atoms with Crippen LogP contribution in [0.1, 0.15) is 12.0 Å². The molecule has 1 atom stereocenters. The van der Waals surface area contributed by atoms with Crippen LogP contribution in [0.2, 0.25) is 0 Å². The zero-order valence-corrected chi connectivity index (χ0v) is 10.2. The molecule has 0 aromatic heterocycles. The van der Waals surface area contributed by atoms with Crippen molar-refractivity contribution in [2.24, 2.45) is 0 Å². The number of aryl methyl sites for hydroxylation is 1. The summed E-state index contributed by atoms with van der Waals surface area (Å²) in [5.74, 6) is 0.457. The van der Waals surface area contributed by atoms with Crippen LogP contribution in [0, 0.1) is 25.1 Å². The predicted octanol–water partition coefficient (Wildman–Crippen LogP) is 1.73. The Morgan fingerprint density at radius 3 is 2.74 bits per heavy atom. The molecule has 1 aromatic carbocycles. The number of amides is 2. The molecule has 19 heavy (non-hydrogen) atoms. The minimum atomic E-state index is -1.23. The maximum absolute atomic E-state index is 13.2. The van der Waals surface area contributed by atoms with Crippen molar-refractivity contribution < 1.29 is 19.1 Å². The van der Waals surface area contributed by atoms with Gasteiger partial charge in [-0.3, -0.25) is 0 Å². The van der Waals surface area contributed by atoms with E-state index < -0.39 is 23.9 Å². The highest BCUT2D eigenvalue weighted by Crippen LogP contribution is 2.13. The van der Waals surface area contributed by atoms with Gasteiger partial charge in [-0.15, -0.1) is 12.3 Å². The lowest BCUT2D eigenvalue weighted by atomic mass is 10.2. The number of hydrogen-bond acceptors (Lipinski definition) is 2. The summed E-state index contributed by atoms with van der Waals surface area (Å²) in [6.45, 7) is 1.59. The van der Waals surface area contributed by atoms with E-state index in [9.17, 15) is 14.0 Å². The van der Waals surface area contributed by atoms with Crippen LogP contribution in [-0.2, 0) is 4.79 Å². The van der Waals surface area contributed by atoms with E-state index >= 15 is 0 Å². The molecule has 1 rings (SSSR count). The molecule has 0 aliphatic heterocycles. The molecule has 0 fully saturated rings. The Bertz CT molecular complexity index is 537. The van der Waals surface area contributed by atoms with Gasteiger partial charge < -0.3 is 15.7 Å². The molecule has 100 valence electrons. The summed E-state index contributed by atoms with van der Waals surface area (Å²) < 4.78 is 13.2. The quantitative estimate of drug-likeness (QED) is 0.725. The van der Waals surface area contributed by atoms with Crippen LogP contribution in [0.4, 0.5) is 14.9 Å². The Morgan fingerprint density at radius 1 is 1.53 bits per heavy atom. The summed E-state index contributed by atoms with van der Waals surface area (Å²) >= 11 is 0. The van der Waals surface area contributed by atoms with Crippen molar-refractivity contribution >= 4 is 17.7 Å². The molecule has 0 radical (unpaired) electrons. The van der Waals surface area contributed by atoms with E-state index in [4.69, 9.17) is 11.5 Å². The molecule has 0 aliphatic carbocycles. The van der Waals surface area contributed by atoms with Crippen molar-refractivity contribution in [3.8, 4) is 12.3 Å². The molecule has 2 amide bonds.